The van der Waals surface area contributed by atoms with Gasteiger partial charge in [0.2, 0.25) is 0 Å². The highest BCUT2D eigenvalue weighted by atomic mass is 32.1. The van der Waals surface area contributed by atoms with E-state index in [0.717, 1.165) is 5.52 Å². The van der Waals surface area contributed by atoms with E-state index in [1.807, 2.05) is 18.5 Å². The van der Waals surface area contributed by atoms with Crippen LogP contribution < -0.4 is 0 Å². The second kappa shape index (κ2) is 2.08. The highest BCUT2D eigenvalue weighted by Gasteiger charge is 2.02. The average molecular weight is 174 g/mol. The Bertz CT molecular complexity index is 534. The fourth-order valence-electron chi connectivity index (χ4n) is 1.45. The van der Waals surface area contributed by atoms with Gasteiger partial charge in [0.05, 0.1) is 21.9 Å². The molecule has 0 fully saturated rings. The van der Waals surface area contributed by atoms with Crippen LogP contribution in [0.3, 0.4) is 0 Å². The van der Waals surface area contributed by atoms with Crippen LogP contribution in [0.15, 0.2) is 29.9 Å². The normalized spacial score (nSPS) is 11.3. The maximum absolute atomic E-state index is 4.06. The molecule has 0 spiro atoms. The molecule has 58 valence electrons. The van der Waals surface area contributed by atoms with Crippen molar-refractivity contribution in [2.45, 2.75) is 0 Å². The van der Waals surface area contributed by atoms with Crippen molar-refractivity contribution in [3.05, 3.63) is 29.9 Å². The summed E-state index contributed by atoms with van der Waals surface area (Å²) in [5, 5.41) is 3.37. The van der Waals surface area contributed by atoms with Crippen molar-refractivity contribution >= 4 is 32.5 Å². The first kappa shape index (κ1) is 6.20. The molecule has 3 rings (SSSR count). The summed E-state index contributed by atoms with van der Waals surface area (Å²) in [6, 6.07) is 4.14. The first-order chi connectivity index (χ1) is 5.95. The lowest BCUT2D eigenvalue weighted by Gasteiger charge is -1.84. The molecule has 0 aliphatic heterocycles. The van der Waals surface area contributed by atoms with Gasteiger partial charge in [0, 0.05) is 11.6 Å². The van der Waals surface area contributed by atoms with Crippen molar-refractivity contribution in [2.24, 2.45) is 0 Å². The largest absolute Gasteiger partial charge is 0.353 e. The third-order valence-electron chi connectivity index (χ3n) is 2.00. The van der Waals surface area contributed by atoms with Gasteiger partial charge < -0.3 is 4.98 Å². The maximum atomic E-state index is 4.06. The van der Waals surface area contributed by atoms with E-state index in [1.165, 1.54) is 15.6 Å². The fourth-order valence-corrected chi connectivity index (χ4v) is 2.34. The smallest absolute Gasteiger partial charge is 0.0659 e. The van der Waals surface area contributed by atoms with Gasteiger partial charge in [0.25, 0.3) is 0 Å². The van der Waals surface area contributed by atoms with E-state index in [4.69, 9.17) is 0 Å². The summed E-state index contributed by atoms with van der Waals surface area (Å²) in [5.74, 6) is 0. The lowest BCUT2D eigenvalue weighted by molar-refractivity contribution is 1.35. The Kier molecular flexibility index (Phi) is 1.07. The molecule has 0 unspecified atom stereocenters. The van der Waals surface area contributed by atoms with Gasteiger partial charge in [-0.3, -0.25) is 4.98 Å². The van der Waals surface area contributed by atoms with Gasteiger partial charge in [0.15, 0.2) is 0 Å². The van der Waals surface area contributed by atoms with Crippen LogP contribution in [0.2, 0.25) is 0 Å². The Morgan fingerprint density at radius 1 is 1.25 bits per heavy atom. The lowest BCUT2D eigenvalue weighted by Crippen LogP contribution is -1.69. The molecule has 0 aliphatic carbocycles. The third-order valence-corrected chi connectivity index (χ3v) is 2.95. The first-order valence-electron chi connectivity index (χ1n) is 3.74. The Labute approximate surface area is 72.9 Å². The molecule has 12 heavy (non-hydrogen) atoms. The summed E-state index contributed by atoms with van der Waals surface area (Å²) < 4.78 is 1.33. The summed E-state index contributed by atoms with van der Waals surface area (Å²) >= 11 is 1.76. The molecule has 0 aliphatic rings. The zero-order valence-electron chi connectivity index (χ0n) is 6.24. The molecule has 0 amide bonds. The van der Waals surface area contributed by atoms with Crippen molar-refractivity contribution < 1.29 is 0 Å². The van der Waals surface area contributed by atoms with Crippen LogP contribution >= 0.6 is 11.3 Å². The number of aromatic nitrogens is 2. The second-order valence-corrected chi connectivity index (χ2v) is 3.63. The lowest BCUT2D eigenvalue weighted by atomic mass is 10.3. The summed E-state index contributed by atoms with van der Waals surface area (Å²) in [6.07, 6.45) is 3.69. The summed E-state index contributed by atoms with van der Waals surface area (Å²) in [6.45, 7) is 0. The van der Waals surface area contributed by atoms with Crippen molar-refractivity contribution in [1.82, 2.24) is 9.97 Å². The molecule has 3 heterocycles. The number of fused-ring (bicyclic) bond motifs is 3. The Balaban J connectivity index is 2.68. The molecule has 0 radical (unpaired) electrons. The van der Waals surface area contributed by atoms with E-state index in [0.29, 0.717) is 0 Å². The Morgan fingerprint density at radius 3 is 3.25 bits per heavy atom. The molecule has 0 atom stereocenters. The molecule has 3 heteroatoms. The quantitative estimate of drug-likeness (QED) is 0.557. The highest BCUT2D eigenvalue weighted by Crippen LogP contribution is 2.28. The van der Waals surface area contributed by atoms with Crippen LogP contribution in [0.25, 0.3) is 21.1 Å². The highest BCUT2D eigenvalue weighted by molar-refractivity contribution is 7.18. The average Bonchev–Trinajstić information content (AvgIpc) is 2.62. The van der Waals surface area contributed by atoms with Crippen LogP contribution in [-0.2, 0) is 0 Å². The van der Waals surface area contributed by atoms with Crippen molar-refractivity contribution in [3.8, 4) is 0 Å². The number of thiophene rings is 1. The molecule has 2 nitrogen and oxygen atoms in total. The van der Waals surface area contributed by atoms with Crippen LogP contribution in [0.1, 0.15) is 0 Å². The maximum Gasteiger partial charge on any atom is 0.0659 e. The minimum Gasteiger partial charge on any atom is -0.353 e. The first-order valence-corrected chi connectivity index (χ1v) is 4.62. The Morgan fingerprint density at radius 2 is 2.25 bits per heavy atom. The van der Waals surface area contributed by atoms with Crippen molar-refractivity contribution in [3.63, 3.8) is 0 Å². The molecule has 3 aromatic heterocycles. The van der Waals surface area contributed by atoms with E-state index < -0.39 is 0 Å². The minimum absolute atomic E-state index is 1.12. The molecule has 0 aromatic carbocycles. The van der Waals surface area contributed by atoms with Gasteiger partial charge in [-0.1, -0.05) is 0 Å². The minimum atomic E-state index is 1.12. The number of rotatable bonds is 0. The SMILES string of the molecule is c1cc2c(cn1)[nH]c1ccsc12. The van der Waals surface area contributed by atoms with Gasteiger partial charge in [-0.15, -0.1) is 11.3 Å². The topological polar surface area (TPSA) is 28.7 Å². The molecule has 0 saturated heterocycles. The number of nitrogens with zero attached hydrogens (tertiary/aromatic N) is 1. The predicted octanol–water partition coefficient (Wildman–Crippen LogP) is 2.78. The van der Waals surface area contributed by atoms with E-state index in [-0.39, 0.29) is 0 Å². The Hall–Kier alpha value is -1.35. The van der Waals surface area contributed by atoms with Gasteiger partial charge in [-0.25, -0.2) is 0 Å². The van der Waals surface area contributed by atoms with E-state index in [9.17, 15) is 0 Å². The second-order valence-electron chi connectivity index (χ2n) is 2.71. The molecular formula is C9H6N2S. The number of aromatic amines is 1. The van der Waals surface area contributed by atoms with Gasteiger partial charge >= 0.3 is 0 Å². The zero-order chi connectivity index (χ0) is 7.97. The van der Waals surface area contributed by atoms with Gasteiger partial charge in [-0.05, 0) is 17.5 Å². The van der Waals surface area contributed by atoms with Gasteiger partial charge in [0.1, 0.15) is 0 Å². The summed E-state index contributed by atoms with van der Waals surface area (Å²) in [5.41, 5.74) is 2.34. The van der Waals surface area contributed by atoms with Crippen LogP contribution in [0.5, 0.6) is 0 Å². The molecule has 1 N–H and O–H groups in total. The van der Waals surface area contributed by atoms with Crippen LogP contribution in [0.4, 0.5) is 0 Å². The summed E-state index contributed by atoms with van der Waals surface area (Å²) in [4.78, 5) is 7.37. The molecular weight excluding hydrogens is 168 g/mol. The molecule has 0 saturated carbocycles. The molecule has 3 aromatic rings. The van der Waals surface area contributed by atoms with E-state index in [2.05, 4.69) is 21.4 Å². The van der Waals surface area contributed by atoms with Gasteiger partial charge in [-0.2, -0.15) is 0 Å². The van der Waals surface area contributed by atoms with Crippen molar-refractivity contribution in [1.29, 1.82) is 0 Å². The number of hydrogen-bond donors (Lipinski definition) is 1. The van der Waals surface area contributed by atoms with E-state index in [1.54, 1.807) is 11.3 Å². The van der Waals surface area contributed by atoms with Crippen LogP contribution in [0, 0.1) is 0 Å². The molecule has 0 bridgehead atoms. The fraction of sp³-hybridized carbons (Fsp3) is 0. The predicted molar refractivity (Wildman–Crippen MR) is 51.5 cm³/mol. The standard InChI is InChI=1S/C9H6N2S/c1-3-10-5-8-6(1)9-7(11-8)2-4-12-9/h1-5,11H. The van der Waals surface area contributed by atoms with E-state index >= 15 is 0 Å². The summed E-state index contributed by atoms with van der Waals surface area (Å²) in [7, 11) is 0. The zero-order valence-corrected chi connectivity index (χ0v) is 7.06. The monoisotopic (exact) mass is 174 g/mol. The number of H-pyrrole nitrogens is 1. The number of pyridine rings is 1. The number of nitrogens with one attached hydrogen (secondary N) is 1. The van der Waals surface area contributed by atoms with Crippen LogP contribution in [-0.4, -0.2) is 9.97 Å². The number of hydrogen-bond acceptors (Lipinski definition) is 2. The van der Waals surface area contributed by atoms with Crippen molar-refractivity contribution in [2.75, 3.05) is 0 Å². The third kappa shape index (κ3) is 0.662.